The van der Waals surface area contributed by atoms with Crippen molar-refractivity contribution in [2.75, 3.05) is 12.3 Å². The van der Waals surface area contributed by atoms with Crippen LogP contribution < -0.4 is 5.32 Å². The molecule has 1 N–H and O–H groups in total. The summed E-state index contributed by atoms with van der Waals surface area (Å²) in [6.45, 7) is 11.4. The van der Waals surface area contributed by atoms with E-state index < -0.39 is 0 Å². The number of rotatable bonds is 7. The van der Waals surface area contributed by atoms with Gasteiger partial charge in [-0.15, -0.1) is 18.3 Å². The van der Waals surface area contributed by atoms with Crippen molar-refractivity contribution in [3.05, 3.63) is 42.0 Å². The highest BCUT2D eigenvalue weighted by Crippen LogP contribution is 2.23. The van der Waals surface area contributed by atoms with E-state index in [-0.39, 0.29) is 0 Å². The van der Waals surface area contributed by atoms with Gasteiger partial charge in [0.15, 0.2) is 0 Å². The maximum Gasteiger partial charge on any atom is 0.0198 e. The van der Waals surface area contributed by atoms with E-state index in [2.05, 4.69) is 56.9 Å². The van der Waals surface area contributed by atoms with Crippen LogP contribution in [0.3, 0.4) is 0 Å². The predicted octanol–water partition coefficient (Wildman–Crippen LogP) is 4.03. The Hall–Kier alpha value is -0.730. The third kappa shape index (κ3) is 5.42. The summed E-state index contributed by atoms with van der Waals surface area (Å²) >= 11 is 1.93. The van der Waals surface area contributed by atoms with Gasteiger partial charge in [0, 0.05) is 16.7 Å². The number of hydrogen-bond donors (Lipinski definition) is 1. The molecule has 1 aromatic rings. The minimum atomic E-state index is 0.530. The highest BCUT2D eigenvalue weighted by atomic mass is 32.2. The van der Waals surface area contributed by atoms with Gasteiger partial charge in [-0.3, -0.25) is 0 Å². The fourth-order valence-electron chi connectivity index (χ4n) is 1.81. The lowest BCUT2D eigenvalue weighted by molar-refractivity contribution is 0.571. The minimum Gasteiger partial charge on any atom is -0.313 e. The molecule has 0 amide bonds. The zero-order chi connectivity index (χ0) is 12.7. The molecule has 2 heteroatoms. The van der Waals surface area contributed by atoms with Crippen LogP contribution in [0.25, 0.3) is 0 Å². The van der Waals surface area contributed by atoms with E-state index >= 15 is 0 Å². The second-order valence-electron chi connectivity index (χ2n) is 4.49. The molecule has 17 heavy (non-hydrogen) atoms. The first-order chi connectivity index (χ1) is 8.13. The van der Waals surface area contributed by atoms with Gasteiger partial charge in [-0.1, -0.05) is 30.7 Å². The summed E-state index contributed by atoms with van der Waals surface area (Å²) in [5.74, 6) is 1.10. The van der Waals surface area contributed by atoms with Crippen molar-refractivity contribution in [1.82, 2.24) is 5.32 Å². The number of aryl methyl sites for hydroxylation is 1. The first-order valence-electron chi connectivity index (χ1n) is 6.19. The van der Waals surface area contributed by atoms with Crippen LogP contribution in [-0.2, 0) is 0 Å². The maximum atomic E-state index is 4.00. The molecule has 0 heterocycles. The molecule has 1 unspecified atom stereocenters. The molecular weight excluding hydrogens is 226 g/mol. The van der Waals surface area contributed by atoms with Gasteiger partial charge in [-0.2, -0.15) is 0 Å². The number of thioether (sulfide) groups is 1. The molecule has 94 valence electrons. The van der Waals surface area contributed by atoms with Crippen LogP contribution in [0.15, 0.2) is 41.3 Å². The molecule has 0 aliphatic rings. The summed E-state index contributed by atoms with van der Waals surface area (Å²) in [4.78, 5) is 1.39. The van der Waals surface area contributed by atoms with Gasteiger partial charge in [-0.05, 0) is 38.4 Å². The minimum absolute atomic E-state index is 0.530. The summed E-state index contributed by atoms with van der Waals surface area (Å²) in [7, 11) is 0. The normalized spacial score (nSPS) is 12.4. The lowest BCUT2D eigenvalue weighted by Gasteiger charge is -2.18. The third-order valence-electron chi connectivity index (χ3n) is 2.62. The van der Waals surface area contributed by atoms with E-state index in [4.69, 9.17) is 0 Å². The number of nitrogens with one attached hydrogen (secondary N) is 1. The second kappa shape index (κ2) is 7.57. The molecule has 0 saturated heterocycles. The molecule has 1 atom stereocenters. The Morgan fingerprint density at radius 3 is 2.71 bits per heavy atom. The molecule has 0 spiro atoms. The average molecular weight is 249 g/mol. The molecule has 0 fully saturated rings. The molecular formula is C15H23NS. The third-order valence-corrected chi connectivity index (χ3v) is 3.96. The molecule has 1 aromatic carbocycles. The highest BCUT2D eigenvalue weighted by Gasteiger charge is 2.08. The van der Waals surface area contributed by atoms with Crippen LogP contribution in [0.5, 0.6) is 0 Å². The Morgan fingerprint density at radius 2 is 2.12 bits per heavy atom. The van der Waals surface area contributed by atoms with E-state index in [1.54, 1.807) is 0 Å². The predicted molar refractivity (Wildman–Crippen MR) is 78.8 cm³/mol. The lowest BCUT2D eigenvalue weighted by Crippen LogP contribution is -2.31. The van der Waals surface area contributed by atoms with Gasteiger partial charge in [-0.25, -0.2) is 0 Å². The molecule has 1 nitrogen and oxygen atoms in total. The van der Waals surface area contributed by atoms with E-state index in [1.807, 2.05) is 11.8 Å². The number of hydrogen-bond acceptors (Lipinski definition) is 2. The van der Waals surface area contributed by atoms with Crippen molar-refractivity contribution in [1.29, 1.82) is 0 Å². The summed E-state index contributed by atoms with van der Waals surface area (Å²) in [5, 5.41) is 3.52. The molecule has 0 saturated carbocycles. The first kappa shape index (κ1) is 14.3. The summed E-state index contributed by atoms with van der Waals surface area (Å²) in [5.41, 5.74) is 2.62. The maximum absolute atomic E-state index is 4.00. The smallest absolute Gasteiger partial charge is 0.0198 e. The molecule has 0 aliphatic heterocycles. The summed E-state index contributed by atoms with van der Waals surface area (Å²) < 4.78 is 0. The zero-order valence-electron chi connectivity index (χ0n) is 11.1. The van der Waals surface area contributed by atoms with E-state index in [0.717, 1.165) is 18.7 Å². The zero-order valence-corrected chi connectivity index (χ0v) is 11.9. The molecule has 0 radical (unpaired) electrons. The van der Waals surface area contributed by atoms with Gasteiger partial charge in [0.05, 0.1) is 0 Å². The first-order valence-corrected chi connectivity index (χ1v) is 7.18. The van der Waals surface area contributed by atoms with Crippen molar-refractivity contribution in [2.45, 2.75) is 38.1 Å². The lowest BCUT2D eigenvalue weighted by atomic mass is 10.1. The molecule has 0 aromatic heterocycles. The Morgan fingerprint density at radius 1 is 1.41 bits per heavy atom. The van der Waals surface area contributed by atoms with E-state index in [9.17, 15) is 0 Å². The molecule has 0 bridgehead atoms. The number of benzene rings is 1. The topological polar surface area (TPSA) is 12.0 Å². The second-order valence-corrected chi connectivity index (χ2v) is 5.55. The van der Waals surface area contributed by atoms with Crippen LogP contribution in [0, 0.1) is 6.92 Å². The van der Waals surface area contributed by atoms with Gasteiger partial charge in [0.2, 0.25) is 0 Å². The summed E-state index contributed by atoms with van der Waals surface area (Å²) in [6.07, 6.45) is 1.06. The highest BCUT2D eigenvalue weighted by molar-refractivity contribution is 7.99. The van der Waals surface area contributed by atoms with E-state index in [1.165, 1.54) is 16.0 Å². The van der Waals surface area contributed by atoms with Gasteiger partial charge in [0.1, 0.15) is 0 Å². The van der Waals surface area contributed by atoms with Crippen molar-refractivity contribution in [3.63, 3.8) is 0 Å². The largest absolute Gasteiger partial charge is 0.313 e. The van der Waals surface area contributed by atoms with Gasteiger partial charge in [0.25, 0.3) is 0 Å². The summed E-state index contributed by atoms with van der Waals surface area (Å²) in [6, 6.07) is 9.10. The Kier molecular flexibility index (Phi) is 6.38. The van der Waals surface area contributed by atoms with Gasteiger partial charge >= 0.3 is 0 Å². The Bertz CT molecular complexity index is 360. The van der Waals surface area contributed by atoms with Crippen LogP contribution in [0.4, 0.5) is 0 Å². The fourth-order valence-corrected chi connectivity index (χ4v) is 2.90. The Balaban J connectivity index is 2.51. The van der Waals surface area contributed by atoms with E-state index in [0.29, 0.717) is 6.04 Å². The average Bonchev–Trinajstić information content (AvgIpc) is 2.27. The molecule has 0 aliphatic carbocycles. The molecule has 1 rings (SSSR count). The van der Waals surface area contributed by atoms with Crippen molar-refractivity contribution in [3.8, 4) is 0 Å². The van der Waals surface area contributed by atoms with Crippen LogP contribution in [-0.4, -0.2) is 18.3 Å². The monoisotopic (exact) mass is 249 g/mol. The van der Waals surface area contributed by atoms with Crippen LogP contribution in [0.1, 0.15) is 25.8 Å². The van der Waals surface area contributed by atoms with Crippen molar-refractivity contribution < 1.29 is 0 Å². The SMILES string of the molecule is C=C(C)CC(CSc1ccccc1C)NCC. The standard InChI is InChI=1S/C15H23NS/c1-5-16-14(10-12(2)3)11-17-15-9-7-6-8-13(15)4/h6-9,14,16H,2,5,10-11H2,1,3-4H3. The Labute approximate surface area is 110 Å². The van der Waals surface area contributed by atoms with Crippen LogP contribution in [0.2, 0.25) is 0 Å². The van der Waals surface area contributed by atoms with Crippen molar-refractivity contribution >= 4 is 11.8 Å². The quantitative estimate of drug-likeness (QED) is 0.578. The fraction of sp³-hybridized carbons (Fsp3) is 0.467. The van der Waals surface area contributed by atoms with Crippen LogP contribution >= 0.6 is 11.8 Å². The van der Waals surface area contributed by atoms with Crippen molar-refractivity contribution in [2.24, 2.45) is 0 Å². The van der Waals surface area contributed by atoms with Gasteiger partial charge < -0.3 is 5.32 Å².